The summed E-state index contributed by atoms with van der Waals surface area (Å²) in [5, 5.41) is 8.35. The van der Waals surface area contributed by atoms with Gasteiger partial charge in [0, 0.05) is 18.0 Å². The van der Waals surface area contributed by atoms with Gasteiger partial charge in [0.2, 0.25) is 11.8 Å². The van der Waals surface area contributed by atoms with Crippen LogP contribution in [0.15, 0.2) is 18.5 Å². The Kier molecular flexibility index (Phi) is 4.60. The Labute approximate surface area is 188 Å². The first kappa shape index (κ1) is 20.2. The Balaban J connectivity index is 1.19. The van der Waals surface area contributed by atoms with Gasteiger partial charge in [-0.3, -0.25) is 9.59 Å². The number of pyridine rings is 1. The van der Waals surface area contributed by atoms with Crippen molar-refractivity contribution in [2.75, 3.05) is 11.9 Å². The zero-order valence-corrected chi connectivity index (χ0v) is 19.1. The fourth-order valence-corrected chi connectivity index (χ4v) is 7.57. The van der Waals surface area contributed by atoms with Crippen LogP contribution in [0.2, 0.25) is 0 Å². The second kappa shape index (κ2) is 7.29. The van der Waals surface area contributed by atoms with Crippen LogP contribution in [0.3, 0.4) is 0 Å². The van der Waals surface area contributed by atoms with Crippen molar-refractivity contribution in [1.29, 1.82) is 0 Å². The maximum Gasteiger partial charge on any atom is 0.247 e. The zero-order chi connectivity index (χ0) is 22.0. The van der Waals surface area contributed by atoms with E-state index in [9.17, 15) is 9.59 Å². The van der Waals surface area contributed by atoms with Gasteiger partial charge in [0.15, 0.2) is 5.65 Å². The van der Waals surface area contributed by atoms with Gasteiger partial charge in [-0.05, 0) is 89.0 Å². The van der Waals surface area contributed by atoms with Crippen LogP contribution >= 0.6 is 0 Å². The first-order chi connectivity index (χ1) is 15.4. The molecule has 1 atom stereocenters. The largest absolute Gasteiger partial charge is 0.330 e. The average molecular weight is 436 g/mol. The lowest BCUT2D eigenvalue weighted by Gasteiger charge is -2.56. The van der Waals surface area contributed by atoms with Crippen LogP contribution < -0.4 is 5.32 Å². The molecule has 2 aromatic rings. The second-order valence-corrected chi connectivity index (χ2v) is 11.2. The van der Waals surface area contributed by atoms with Crippen LogP contribution in [-0.2, 0) is 9.59 Å². The molecule has 7 rings (SSSR count). The molecule has 5 aliphatic rings. The maximum absolute atomic E-state index is 13.8. The number of nitrogens with one attached hydrogen (secondary N) is 1. The quantitative estimate of drug-likeness (QED) is 0.782. The van der Waals surface area contributed by atoms with Gasteiger partial charge < -0.3 is 10.2 Å². The highest BCUT2D eigenvalue weighted by molar-refractivity contribution is 5.99. The third-order valence-corrected chi connectivity index (χ3v) is 8.50. The Hall–Kier alpha value is -2.44. The minimum atomic E-state index is -0.371. The molecule has 0 spiro atoms. The van der Waals surface area contributed by atoms with Crippen molar-refractivity contribution < 1.29 is 9.59 Å². The summed E-state index contributed by atoms with van der Waals surface area (Å²) in [6, 6.07) is 1.78. The Morgan fingerprint density at radius 2 is 1.78 bits per heavy atom. The highest BCUT2D eigenvalue weighted by Crippen LogP contribution is 2.60. The van der Waals surface area contributed by atoms with Gasteiger partial charge in [-0.1, -0.05) is 0 Å². The molecule has 7 nitrogen and oxygen atoms in total. The standard InChI is InChI=1S/C25H33N5O2/c1-15(2)30-22-19(13-27-30)9-20(14-26-22)28-23(31)21-4-3-5-29(21)24(32)25-10-16-6-17(11-25)8-18(7-16)12-25/h9,13-18,21H,3-8,10-12H2,1-2H3,(H,28,31)/t16?,17?,18?,21-,25?/m1/s1. The summed E-state index contributed by atoms with van der Waals surface area (Å²) in [7, 11) is 0. The minimum absolute atomic E-state index is 0.0852. The van der Waals surface area contributed by atoms with E-state index < -0.39 is 0 Å². The fourth-order valence-electron chi connectivity index (χ4n) is 7.57. The van der Waals surface area contributed by atoms with E-state index in [1.54, 1.807) is 12.4 Å². The van der Waals surface area contributed by atoms with Gasteiger partial charge in [-0.15, -0.1) is 0 Å². The SMILES string of the molecule is CC(C)n1ncc2cc(NC(=O)[C@H]3CCCN3C(=O)C34CC5CC(CC(C5)C3)C4)cnc21. The first-order valence-electron chi connectivity index (χ1n) is 12.4. The fraction of sp³-hybridized carbons (Fsp3) is 0.680. The number of carbonyl (C=O) groups excluding carboxylic acids is 2. The molecular formula is C25H33N5O2. The van der Waals surface area contributed by atoms with Crippen LogP contribution in [0.5, 0.6) is 0 Å². The summed E-state index contributed by atoms with van der Waals surface area (Å²) in [5.74, 6) is 2.36. The Morgan fingerprint density at radius 3 is 2.44 bits per heavy atom. The predicted octanol–water partition coefficient (Wildman–Crippen LogP) is 4.16. The molecule has 0 unspecified atom stereocenters. The molecule has 2 aromatic heterocycles. The molecule has 3 heterocycles. The predicted molar refractivity (Wildman–Crippen MR) is 122 cm³/mol. The van der Waals surface area contributed by atoms with Crippen LogP contribution in [0.25, 0.3) is 11.0 Å². The highest BCUT2D eigenvalue weighted by atomic mass is 16.2. The van der Waals surface area contributed by atoms with Crippen molar-refractivity contribution in [3.63, 3.8) is 0 Å². The van der Waals surface area contributed by atoms with E-state index in [0.717, 1.165) is 60.9 Å². The third kappa shape index (κ3) is 3.15. The normalized spacial score (nSPS) is 33.4. The molecule has 4 bridgehead atoms. The molecule has 1 saturated heterocycles. The number of fused-ring (bicyclic) bond motifs is 1. The smallest absolute Gasteiger partial charge is 0.247 e. The monoisotopic (exact) mass is 435 g/mol. The molecule has 4 aliphatic carbocycles. The molecule has 0 aromatic carbocycles. The highest BCUT2D eigenvalue weighted by Gasteiger charge is 2.56. The minimum Gasteiger partial charge on any atom is -0.330 e. The summed E-state index contributed by atoms with van der Waals surface area (Å²) in [6.07, 6.45) is 12.2. The zero-order valence-electron chi connectivity index (χ0n) is 19.1. The molecule has 1 aliphatic heterocycles. The van der Waals surface area contributed by atoms with E-state index in [4.69, 9.17) is 0 Å². The summed E-state index contributed by atoms with van der Waals surface area (Å²) >= 11 is 0. The molecule has 4 saturated carbocycles. The molecular weight excluding hydrogens is 402 g/mol. The molecule has 170 valence electrons. The van der Waals surface area contributed by atoms with Crippen molar-refractivity contribution in [1.82, 2.24) is 19.7 Å². The lowest BCUT2D eigenvalue weighted by molar-refractivity contribution is -0.160. The van der Waals surface area contributed by atoms with Gasteiger partial charge in [0.25, 0.3) is 0 Å². The number of hydrogen-bond acceptors (Lipinski definition) is 4. The van der Waals surface area contributed by atoms with Crippen LogP contribution in [0, 0.1) is 23.2 Å². The van der Waals surface area contributed by atoms with Crippen LogP contribution in [0.4, 0.5) is 5.69 Å². The van der Waals surface area contributed by atoms with E-state index in [0.29, 0.717) is 12.2 Å². The maximum atomic E-state index is 13.8. The van der Waals surface area contributed by atoms with E-state index in [-0.39, 0.29) is 29.3 Å². The Bertz CT molecular complexity index is 1040. The van der Waals surface area contributed by atoms with Crippen LogP contribution in [-0.4, -0.2) is 44.1 Å². The van der Waals surface area contributed by atoms with Gasteiger partial charge in [-0.2, -0.15) is 5.10 Å². The number of rotatable bonds is 4. The van der Waals surface area contributed by atoms with Crippen molar-refractivity contribution in [3.8, 4) is 0 Å². The number of anilines is 1. The molecule has 32 heavy (non-hydrogen) atoms. The van der Waals surface area contributed by atoms with E-state index in [2.05, 4.69) is 29.2 Å². The van der Waals surface area contributed by atoms with Crippen LogP contribution in [0.1, 0.15) is 71.3 Å². The summed E-state index contributed by atoms with van der Waals surface area (Å²) < 4.78 is 1.88. The van der Waals surface area contributed by atoms with Gasteiger partial charge in [-0.25, -0.2) is 9.67 Å². The van der Waals surface area contributed by atoms with Gasteiger partial charge >= 0.3 is 0 Å². The lowest BCUT2D eigenvalue weighted by Crippen LogP contribution is -2.56. The number of nitrogens with zero attached hydrogens (tertiary/aromatic N) is 4. The second-order valence-electron chi connectivity index (χ2n) is 11.2. The number of hydrogen-bond donors (Lipinski definition) is 1. The first-order valence-corrected chi connectivity index (χ1v) is 12.4. The molecule has 0 radical (unpaired) electrons. The molecule has 7 heteroatoms. The van der Waals surface area contributed by atoms with Gasteiger partial charge in [0.05, 0.1) is 23.5 Å². The van der Waals surface area contributed by atoms with Crippen molar-refractivity contribution in [2.45, 2.75) is 77.3 Å². The third-order valence-electron chi connectivity index (χ3n) is 8.50. The summed E-state index contributed by atoms with van der Waals surface area (Å²) in [6.45, 7) is 4.84. The number of amides is 2. The van der Waals surface area contributed by atoms with E-state index in [1.165, 1.54) is 19.3 Å². The topological polar surface area (TPSA) is 80.1 Å². The average Bonchev–Trinajstić information content (AvgIpc) is 3.39. The van der Waals surface area contributed by atoms with Crippen molar-refractivity contribution in [2.24, 2.45) is 23.2 Å². The van der Waals surface area contributed by atoms with E-state index in [1.807, 2.05) is 15.6 Å². The Morgan fingerprint density at radius 1 is 1.09 bits per heavy atom. The van der Waals surface area contributed by atoms with Gasteiger partial charge in [0.1, 0.15) is 6.04 Å². The lowest BCUT2D eigenvalue weighted by atomic mass is 9.49. The van der Waals surface area contributed by atoms with Crippen molar-refractivity contribution >= 4 is 28.5 Å². The number of carbonyl (C=O) groups is 2. The number of aromatic nitrogens is 3. The molecule has 1 N–H and O–H groups in total. The van der Waals surface area contributed by atoms with Crippen molar-refractivity contribution in [3.05, 3.63) is 18.5 Å². The summed E-state index contributed by atoms with van der Waals surface area (Å²) in [4.78, 5) is 33.5. The summed E-state index contributed by atoms with van der Waals surface area (Å²) in [5.41, 5.74) is 1.29. The number of likely N-dealkylation sites (tertiary alicyclic amines) is 1. The molecule has 2 amide bonds. The van der Waals surface area contributed by atoms with E-state index >= 15 is 0 Å². The molecule has 5 fully saturated rings.